The van der Waals surface area contributed by atoms with Crippen molar-refractivity contribution in [3.8, 4) is 0 Å². The van der Waals surface area contributed by atoms with Crippen molar-refractivity contribution >= 4 is 23.1 Å². The third kappa shape index (κ3) is 3.09. The Labute approximate surface area is 103 Å². The molecule has 1 N–H and O–H groups in total. The van der Waals surface area contributed by atoms with E-state index in [-0.39, 0.29) is 5.69 Å². The summed E-state index contributed by atoms with van der Waals surface area (Å²) in [5.74, 6) is 2.26. The van der Waals surface area contributed by atoms with Crippen molar-refractivity contribution in [1.82, 2.24) is 0 Å². The minimum atomic E-state index is -0.597. The molecule has 0 bridgehead atoms. The Morgan fingerprint density at radius 2 is 2.41 bits per heavy atom. The Morgan fingerprint density at radius 3 is 3.00 bits per heavy atom. The van der Waals surface area contributed by atoms with Gasteiger partial charge in [-0.25, -0.2) is 4.39 Å². The minimum Gasteiger partial charge on any atom is -0.382 e. The van der Waals surface area contributed by atoms with Gasteiger partial charge < -0.3 is 5.32 Å². The quantitative estimate of drug-likeness (QED) is 0.664. The van der Waals surface area contributed by atoms with Gasteiger partial charge in [0.15, 0.2) is 5.82 Å². The van der Waals surface area contributed by atoms with E-state index in [1.807, 2.05) is 11.8 Å². The molecule has 92 valence electrons. The van der Waals surface area contributed by atoms with Crippen LogP contribution in [0, 0.1) is 21.8 Å². The highest BCUT2D eigenvalue weighted by molar-refractivity contribution is 7.99. The Hall–Kier alpha value is -1.30. The average molecular weight is 256 g/mol. The fraction of sp³-hybridized carbons (Fsp3) is 0.455. The molecule has 1 aromatic carbocycles. The largest absolute Gasteiger partial charge is 0.382 e. The summed E-state index contributed by atoms with van der Waals surface area (Å²) in [7, 11) is 0. The molecule has 1 unspecified atom stereocenters. The summed E-state index contributed by atoms with van der Waals surface area (Å²) in [6.45, 7) is 0.724. The number of benzene rings is 1. The van der Waals surface area contributed by atoms with Gasteiger partial charge in [0.2, 0.25) is 0 Å². The van der Waals surface area contributed by atoms with E-state index in [1.54, 1.807) is 0 Å². The molecule has 1 saturated heterocycles. The summed E-state index contributed by atoms with van der Waals surface area (Å²) >= 11 is 1.90. The Bertz CT molecular complexity index is 422. The molecule has 1 atom stereocenters. The number of non-ortho nitro benzene ring substituents is 1. The van der Waals surface area contributed by atoms with E-state index >= 15 is 0 Å². The van der Waals surface area contributed by atoms with Crippen molar-refractivity contribution in [1.29, 1.82) is 0 Å². The van der Waals surface area contributed by atoms with Crippen molar-refractivity contribution in [2.45, 2.75) is 6.42 Å². The highest BCUT2D eigenvalue weighted by Crippen LogP contribution is 2.25. The van der Waals surface area contributed by atoms with Crippen LogP contribution < -0.4 is 5.32 Å². The molecule has 0 radical (unpaired) electrons. The average Bonchev–Trinajstić information content (AvgIpc) is 2.80. The molecule has 0 amide bonds. The predicted octanol–water partition coefficient (Wildman–Crippen LogP) is 2.90. The monoisotopic (exact) mass is 256 g/mol. The maximum Gasteiger partial charge on any atom is 0.272 e. The van der Waals surface area contributed by atoms with Crippen LogP contribution in [0.2, 0.25) is 0 Å². The maximum atomic E-state index is 13.5. The lowest BCUT2D eigenvalue weighted by atomic mass is 10.1. The fourth-order valence-electron chi connectivity index (χ4n) is 1.76. The smallest absolute Gasteiger partial charge is 0.272 e. The zero-order valence-electron chi connectivity index (χ0n) is 9.19. The molecule has 2 rings (SSSR count). The van der Waals surface area contributed by atoms with Gasteiger partial charge in [-0.2, -0.15) is 11.8 Å². The molecule has 4 nitrogen and oxygen atoms in total. The molecule has 17 heavy (non-hydrogen) atoms. The van der Waals surface area contributed by atoms with Gasteiger partial charge in [0.1, 0.15) is 0 Å². The molecular formula is C11H13FN2O2S. The molecule has 1 aliphatic heterocycles. The number of thioether (sulfide) groups is 1. The van der Waals surface area contributed by atoms with Gasteiger partial charge in [-0.1, -0.05) is 0 Å². The van der Waals surface area contributed by atoms with Crippen LogP contribution in [-0.2, 0) is 0 Å². The Balaban J connectivity index is 1.98. The number of rotatable bonds is 4. The number of nitro benzene ring substituents is 1. The maximum absolute atomic E-state index is 13.5. The van der Waals surface area contributed by atoms with Crippen molar-refractivity contribution in [2.24, 2.45) is 5.92 Å². The van der Waals surface area contributed by atoms with Crippen molar-refractivity contribution < 1.29 is 9.31 Å². The van der Waals surface area contributed by atoms with E-state index in [0.717, 1.165) is 30.5 Å². The zero-order valence-corrected chi connectivity index (χ0v) is 10.0. The number of nitrogens with one attached hydrogen (secondary N) is 1. The number of anilines is 1. The first-order valence-electron chi connectivity index (χ1n) is 5.42. The van der Waals surface area contributed by atoms with Gasteiger partial charge in [-0.05, 0) is 29.9 Å². The van der Waals surface area contributed by atoms with Gasteiger partial charge in [-0.3, -0.25) is 10.1 Å². The number of hydrogen-bond donors (Lipinski definition) is 1. The van der Waals surface area contributed by atoms with Crippen LogP contribution in [0.4, 0.5) is 15.8 Å². The fourth-order valence-corrected chi connectivity index (χ4v) is 3.04. The molecule has 0 saturated carbocycles. The second-order valence-corrected chi connectivity index (χ2v) is 5.18. The van der Waals surface area contributed by atoms with Crippen LogP contribution in [0.15, 0.2) is 18.2 Å². The Kier molecular flexibility index (Phi) is 3.83. The normalized spacial score (nSPS) is 19.2. The molecule has 0 aromatic heterocycles. The molecule has 1 aliphatic rings. The first-order valence-corrected chi connectivity index (χ1v) is 6.58. The van der Waals surface area contributed by atoms with E-state index in [1.165, 1.54) is 12.1 Å². The van der Waals surface area contributed by atoms with E-state index < -0.39 is 10.7 Å². The highest BCUT2D eigenvalue weighted by Gasteiger charge is 2.16. The van der Waals surface area contributed by atoms with E-state index in [2.05, 4.69) is 5.32 Å². The van der Waals surface area contributed by atoms with Crippen molar-refractivity contribution in [2.75, 3.05) is 23.4 Å². The second kappa shape index (κ2) is 5.35. The van der Waals surface area contributed by atoms with Gasteiger partial charge in [0, 0.05) is 12.6 Å². The number of halogens is 1. The van der Waals surface area contributed by atoms with E-state index in [0.29, 0.717) is 11.6 Å². The summed E-state index contributed by atoms with van der Waals surface area (Å²) in [5.41, 5.74) is 0.122. The van der Waals surface area contributed by atoms with Crippen LogP contribution in [0.25, 0.3) is 0 Å². The van der Waals surface area contributed by atoms with E-state index in [9.17, 15) is 14.5 Å². The van der Waals surface area contributed by atoms with Crippen LogP contribution in [0.1, 0.15) is 6.42 Å². The van der Waals surface area contributed by atoms with Crippen molar-refractivity contribution in [3.63, 3.8) is 0 Å². The first kappa shape index (κ1) is 12.2. The number of nitrogens with zero attached hydrogens (tertiary/aromatic N) is 1. The summed E-state index contributed by atoms with van der Waals surface area (Å²) in [4.78, 5) is 9.85. The molecular weight excluding hydrogens is 243 g/mol. The molecule has 0 aliphatic carbocycles. The molecule has 1 aromatic rings. The van der Waals surface area contributed by atoms with Crippen molar-refractivity contribution in [3.05, 3.63) is 34.1 Å². The standard InChI is InChI=1S/C11H13FN2O2S/c12-10-5-9(14(15)16)1-2-11(10)13-6-8-3-4-17-7-8/h1-2,5,8,13H,3-4,6-7H2. The lowest BCUT2D eigenvalue weighted by molar-refractivity contribution is -0.385. The van der Waals surface area contributed by atoms with Gasteiger partial charge in [-0.15, -0.1) is 0 Å². The lowest BCUT2D eigenvalue weighted by Gasteiger charge is -2.11. The van der Waals surface area contributed by atoms with Crippen LogP contribution in [0.5, 0.6) is 0 Å². The van der Waals surface area contributed by atoms with Gasteiger partial charge >= 0.3 is 0 Å². The van der Waals surface area contributed by atoms with Crippen LogP contribution in [-0.4, -0.2) is 23.0 Å². The summed E-state index contributed by atoms with van der Waals surface area (Å²) in [6.07, 6.45) is 1.15. The summed E-state index contributed by atoms with van der Waals surface area (Å²) < 4.78 is 13.5. The zero-order chi connectivity index (χ0) is 12.3. The van der Waals surface area contributed by atoms with Crippen LogP contribution in [0.3, 0.4) is 0 Å². The van der Waals surface area contributed by atoms with Gasteiger partial charge in [0.05, 0.1) is 16.7 Å². The lowest BCUT2D eigenvalue weighted by Crippen LogP contribution is -2.14. The minimum absolute atomic E-state index is 0.218. The number of hydrogen-bond acceptors (Lipinski definition) is 4. The first-order chi connectivity index (χ1) is 8.16. The molecule has 0 spiro atoms. The topological polar surface area (TPSA) is 55.2 Å². The Morgan fingerprint density at radius 1 is 1.59 bits per heavy atom. The number of nitro groups is 1. The van der Waals surface area contributed by atoms with Crippen LogP contribution >= 0.6 is 11.8 Å². The SMILES string of the molecule is O=[N+]([O-])c1ccc(NCC2CCSC2)c(F)c1. The van der Waals surface area contributed by atoms with Gasteiger partial charge in [0.25, 0.3) is 5.69 Å². The molecule has 1 heterocycles. The predicted molar refractivity (Wildman–Crippen MR) is 67.0 cm³/mol. The second-order valence-electron chi connectivity index (χ2n) is 4.03. The van der Waals surface area contributed by atoms with E-state index in [4.69, 9.17) is 0 Å². The highest BCUT2D eigenvalue weighted by atomic mass is 32.2. The third-order valence-electron chi connectivity index (χ3n) is 2.77. The molecule has 6 heteroatoms. The molecule has 1 fully saturated rings. The summed E-state index contributed by atoms with van der Waals surface area (Å²) in [6, 6.07) is 3.69. The summed E-state index contributed by atoms with van der Waals surface area (Å²) in [5, 5.41) is 13.5. The third-order valence-corrected chi connectivity index (χ3v) is 4.00.